The van der Waals surface area contributed by atoms with Gasteiger partial charge in [0.05, 0.1) is 11.8 Å². The van der Waals surface area contributed by atoms with E-state index < -0.39 is 0 Å². The Labute approximate surface area is 183 Å². The molecule has 0 bridgehead atoms. The first-order chi connectivity index (χ1) is 15.1. The molecule has 2 aromatic heterocycles. The predicted octanol–water partition coefficient (Wildman–Crippen LogP) is 2.08. The molecule has 3 aromatic rings. The van der Waals surface area contributed by atoms with Crippen LogP contribution in [0.15, 0.2) is 23.4 Å². The molecule has 1 aliphatic rings. The largest absolute Gasteiger partial charge is 0.454 e. The van der Waals surface area contributed by atoms with Crippen molar-refractivity contribution in [2.24, 2.45) is 0 Å². The number of amides is 1. The average molecular weight is 445 g/mol. The summed E-state index contributed by atoms with van der Waals surface area (Å²) in [5, 5.41) is 18.1. The van der Waals surface area contributed by atoms with Gasteiger partial charge < -0.3 is 25.4 Å². The van der Waals surface area contributed by atoms with E-state index in [2.05, 4.69) is 36.1 Å². The van der Waals surface area contributed by atoms with Gasteiger partial charge in [-0.15, -0.1) is 10.2 Å². The Morgan fingerprint density at radius 2 is 1.97 bits per heavy atom. The van der Waals surface area contributed by atoms with Gasteiger partial charge in [0, 0.05) is 13.1 Å². The topological polar surface area (TPSA) is 128 Å². The van der Waals surface area contributed by atoms with Crippen LogP contribution < -0.4 is 25.4 Å². The zero-order valence-corrected chi connectivity index (χ0v) is 18.3. The first-order valence-corrected chi connectivity index (χ1v) is 11.0. The third kappa shape index (κ3) is 4.58. The number of carbonyl (C=O) groups is 1. The lowest BCUT2D eigenvalue weighted by atomic mass is 10.1. The van der Waals surface area contributed by atoms with Crippen LogP contribution in [0.5, 0.6) is 11.5 Å². The van der Waals surface area contributed by atoms with Crippen LogP contribution in [0.1, 0.15) is 32.4 Å². The van der Waals surface area contributed by atoms with Crippen LogP contribution in [0, 0.1) is 0 Å². The highest BCUT2D eigenvalue weighted by molar-refractivity contribution is 7.99. The highest BCUT2D eigenvalue weighted by atomic mass is 32.2. The molecule has 1 amide bonds. The number of nitrogens with zero attached hydrogens (tertiary/aromatic N) is 5. The second-order valence-electron chi connectivity index (χ2n) is 6.74. The van der Waals surface area contributed by atoms with Crippen molar-refractivity contribution < 1.29 is 14.3 Å². The molecule has 0 aliphatic carbocycles. The maximum atomic E-state index is 12.5. The Bertz CT molecular complexity index is 1090. The fraction of sp³-hybridized carbons (Fsp3) is 0.421. The quantitative estimate of drug-likeness (QED) is 0.422. The Hall–Kier alpha value is -3.28. The van der Waals surface area contributed by atoms with Crippen molar-refractivity contribution in [3.8, 4) is 11.5 Å². The summed E-state index contributed by atoms with van der Waals surface area (Å²) in [6, 6.07) is 5.47. The van der Waals surface area contributed by atoms with Crippen molar-refractivity contribution in [1.29, 1.82) is 0 Å². The summed E-state index contributed by atoms with van der Waals surface area (Å²) in [7, 11) is 0. The van der Waals surface area contributed by atoms with Gasteiger partial charge in [-0.3, -0.25) is 4.79 Å². The number of nitrogens with one attached hydrogen (secondary N) is 3. The molecule has 0 fully saturated rings. The van der Waals surface area contributed by atoms with Gasteiger partial charge in [-0.2, -0.15) is 9.97 Å². The molecule has 1 unspecified atom stereocenters. The van der Waals surface area contributed by atoms with Crippen LogP contribution in [0.25, 0.3) is 5.78 Å². The Morgan fingerprint density at radius 3 is 2.77 bits per heavy atom. The normalized spacial score (nSPS) is 13.3. The third-order valence-electron chi connectivity index (χ3n) is 4.52. The second-order valence-corrected chi connectivity index (χ2v) is 7.68. The number of fused-ring (bicyclic) bond motifs is 2. The number of carbonyl (C=O) groups excluding carboxylic acids is 1. The van der Waals surface area contributed by atoms with E-state index >= 15 is 0 Å². The van der Waals surface area contributed by atoms with E-state index in [4.69, 9.17) is 9.47 Å². The van der Waals surface area contributed by atoms with Gasteiger partial charge in [0.15, 0.2) is 16.7 Å². The van der Waals surface area contributed by atoms with E-state index in [-0.39, 0.29) is 24.5 Å². The fourth-order valence-corrected chi connectivity index (χ4v) is 3.82. The summed E-state index contributed by atoms with van der Waals surface area (Å²) in [5.74, 6) is 2.93. The minimum Gasteiger partial charge on any atom is -0.454 e. The van der Waals surface area contributed by atoms with Gasteiger partial charge in [-0.05, 0) is 38.5 Å². The zero-order valence-electron chi connectivity index (χ0n) is 17.5. The molecule has 31 heavy (non-hydrogen) atoms. The standard InChI is InChI=1S/C19H24N8O3S/c1-4-20-16-23-17(21-5-2)27-18(24-16)25-26-19(27)31-9-15(28)22-11(3)12-6-7-13-14(8-12)30-10-29-13/h6-8,11H,4-5,9-10H2,1-3H3,(H,22,28)(H2,20,21,23,24,25). The van der Waals surface area contributed by atoms with Crippen LogP contribution >= 0.6 is 11.8 Å². The maximum absolute atomic E-state index is 12.5. The molecule has 1 aromatic carbocycles. The third-order valence-corrected chi connectivity index (χ3v) is 5.45. The van der Waals surface area contributed by atoms with E-state index in [1.807, 2.05) is 39.0 Å². The number of rotatable bonds is 9. The lowest BCUT2D eigenvalue weighted by molar-refractivity contribution is -0.119. The lowest BCUT2D eigenvalue weighted by Crippen LogP contribution is -2.28. The molecule has 3 N–H and O–H groups in total. The van der Waals surface area contributed by atoms with Crippen LogP contribution in [0.4, 0.5) is 11.9 Å². The molecular weight excluding hydrogens is 420 g/mol. The van der Waals surface area contributed by atoms with E-state index in [0.29, 0.717) is 47.4 Å². The number of aromatic nitrogens is 5. The van der Waals surface area contributed by atoms with Gasteiger partial charge in [-0.1, -0.05) is 17.8 Å². The number of hydrogen-bond donors (Lipinski definition) is 3. The van der Waals surface area contributed by atoms with Gasteiger partial charge in [0.1, 0.15) is 0 Å². The lowest BCUT2D eigenvalue weighted by Gasteiger charge is -2.14. The van der Waals surface area contributed by atoms with Crippen LogP contribution in [0.2, 0.25) is 0 Å². The minimum absolute atomic E-state index is 0.123. The van der Waals surface area contributed by atoms with E-state index in [0.717, 1.165) is 5.56 Å². The monoisotopic (exact) mass is 444 g/mol. The molecule has 0 saturated heterocycles. The number of ether oxygens (including phenoxy) is 2. The minimum atomic E-state index is -0.180. The first kappa shape index (κ1) is 21.0. The van der Waals surface area contributed by atoms with Crippen molar-refractivity contribution in [3.63, 3.8) is 0 Å². The van der Waals surface area contributed by atoms with Gasteiger partial charge in [0.25, 0.3) is 5.78 Å². The van der Waals surface area contributed by atoms with Crippen molar-refractivity contribution in [2.75, 3.05) is 36.3 Å². The van der Waals surface area contributed by atoms with Crippen LogP contribution in [0.3, 0.4) is 0 Å². The number of anilines is 2. The van der Waals surface area contributed by atoms with Crippen LogP contribution in [-0.4, -0.2) is 56.1 Å². The number of hydrogen-bond acceptors (Lipinski definition) is 10. The van der Waals surface area contributed by atoms with E-state index in [1.165, 1.54) is 11.8 Å². The van der Waals surface area contributed by atoms with E-state index in [1.54, 1.807) is 4.40 Å². The molecule has 3 heterocycles. The van der Waals surface area contributed by atoms with Crippen molar-refractivity contribution in [2.45, 2.75) is 32.0 Å². The molecule has 0 spiro atoms. The molecular formula is C19H24N8O3S. The molecule has 164 valence electrons. The first-order valence-electron chi connectivity index (χ1n) is 10.0. The summed E-state index contributed by atoms with van der Waals surface area (Å²) in [6.45, 7) is 7.45. The summed E-state index contributed by atoms with van der Waals surface area (Å²) in [4.78, 5) is 21.4. The Kier molecular flexibility index (Phi) is 6.26. The fourth-order valence-electron chi connectivity index (χ4n) is 3.08. The molecule has 1 aliphatic heterocycles. The summed E-state index contributed by atoms with van der Waals surface area (Å²) in [6.07, 6.45) is 0. The molecule has 0 radical (unpaired) electrons. The Morgan fingerprint density at radius 1 is 1.16 bits per heavy atom. The van der Waals surface area contributed by atoms with E-state index in [9.17, 15) is 4.79 Å². The van der Waals surface area contributed by atoms with Crippen molar-refractivity contribution in [1.82, 2.24) is 29.9 Å². The average Bonchev–Trinajstić information content (AvgIpc) is 3.39. The van der Waals surface area contributed by atoms with Crippen molar-refractivity contribution in [3.05, 3.63) is 23.8 Å². The SMILES string of the molecule is CCNc1nc(NCC)n2c(SCC(=O)NC(C)c3ccc4c(c3)OCO4)nnc2n1. The highest BCUT2D eigenvalue weighted by Crippen LogP contribution is 2.34. The van der Waals surface area contributed by atoms with Gasteiger partial charge in [0.2, 0.25) is 24.6 Å². The molecule has 4 rings (SSSR count). The highest BCUT2D eigenvalue weighted by Gasteiger charge is 2.19. The molecule has 11 nitrogen and oxygen atoms in total. The summed E-state index contributed by atoms with van der Waals surface area (Å²) < 4.78 is 12.4. The predicted molar refractivity (Wildman–Crippen MR) is 117 cm³/mol. The second kappa shape index (κ2) is 9.25. The molecule has 12 heteroatoms. The smallest absolute Gasteiger partial charge is 0.261 e. The molecule has 1 atom stereocenters. The molecule has 0 saturated carbocycles. The Balaban J connectivity index is 1.43. The van der Waals surface area contributed by atoms with Gasteiger partial charge in [-0.25, -0.2) is 4.40 Å². The van der Waals surface area contributed by atoms with Crippen LogP contribution in [-0.2, 0) is 4.79 Å². The number of benzene rings is 1. The maximum Gasteiger partial charge on any atom is 0.261 e. The summed E-state index contributed by atoms with van der Waals surface area (Å²) in [5.41, 5.74) is 0.939. The van der Waals surface area contributed by atoms with Gasteiger partial charge >= 0.3 is 0 Å². The van der Waals surface area contributed by atoms with Crippen molar-refractivity contribution >= 4 is 35.3 Å². The summed E-state index contributed by atoms with van der Waals surface area (Å²) >= 11 is 1.27. The number of thioether (sulfide) groups is 1. The zero-order chi connectivity index (χ0) is 21.8.